The number of hydrogen-bond acceptors (Lipinski definition) is 3. The minimum atomic E-state index is -0.188. The van der Waals surface area contributed by atoms with Crippen LogP contribution in [0.1, 0.15) is 10.4 Å². The number of anilines is 1. The van der Waals surface area contributed by atoms with Crippen molar-refractivity contribution in [1.82, 2.24) is 4.90 Å². The van der Waals surface area contributed by atoms with E-state index in [-0.39, 0.29) is 11.6 Å². The molecule has 3 nitrogen and oxygen atoms in total. The minimum Gasteiger partial charge on any atom is -0.367 e. The third-order valence-corrected chi connectivity index (χ3v) is 4.63. The first-order valence-electron chi connectivity index (χ1n) is 7.64. The van der Waals surface area contributed by atoms with Gasteiger partial charge in [0.15, 0.2) is 5.78 Å². The monoisotopic (exact) mass is 376 g/mol. The standard InChI is InChI=1S/C18H18BrFN2O/c19-15-7-5-14(6-8-15)18(23)13-21-9-11-22(12-10-21)17-4-2-1-3-16(17)20/h1-8H,9-13H2. The molecule has 1 aliphatic rings. The van der Waals surface area contributed by atoms with Crippen LogP contribution in [0.3, 0.4) is 0 Å². The van der Waals surface area contributed by atoms with Gasteiger partial charge in [-0.3, -0.25) is 9.69 Å². The zero-order valence-electron chi connectivity index (χ0n) is 12.7. The molecular weight excluding hydrogens is 359 g/mol. The molecule has 1 fully saturated rings. The van der Waals surface area contributed by atoms with Crippen LogP contribution < -0.4 is 4.90 Å². The van der Waals surface area contributed by atoms with E-state index in [1.807, 2.05) is 35.2 Å². The van der Waals surface area contributed by atoms with Crippen molar-refractivity contribution in [2.24, 2.45) is 0 Å². The van der Waals surface area contributed by atoms with E-state index in [4.69, 9.17) is 0 Å². The summed E-state index contributed by atoms with van der Waals surface area (Å²) in [5.74, 6) is -0.0660. The average molecular weight is 377 g/mol. The summed E-state index contributed by atoms with van der Waals surface area (Å²) in [4.78, 5) is 16.5. The Morgan fingerprint density at radius 2 is 1.65 bits per heavy atom. The number of piperazine rings is 1. The van der Waals surface area contributed by atoms with Gasteiger partial charge >= 0.3 is 0 Å². The van der Waals surface area contributed by atoms with Gasteiger partial charge in [0.2, 0.25) is 0 Å². The molecule has 2 aromatic rings. The van der Waals surface area contributed by atoms with Crippen molar-refractivity contribution in [3.8, 4) is 0 Å². The first-order valence-corrected chi connectivity index (χ1v) is 8.43. The van der Waals surface area contributed by atoms with Crippen molar-refractivity contribution in [1.29, 1.82) is 0 Å². The summed E-state index contributed by atoms with van der Waals surface area (Å²) in [7, 11) is 0. The molecule has 0 radical (unpaired) electrons. The quantitative estimate of drug-likeness (QED) is 0.761. The maximum absolute atomic E-state index is 13.8. The van der Waals surface area contributed by atoms with Crippen LogP contribution in [0.5, 0.6) is 0 Å². The van der Waals surface area contributed by atoms with E-state index in [0.29, 0.717) is 12.2 Å². The molecule has 3 rings (SSSR count). The normalized spacial score (nSPS) is 15.7. The number of halogens is 2. The van der Waals surface area contributed by atoms with Gasteiger partial charge < -0.3 is 4.90 Å². The van der Waals surface area contributed by atoms with Crippen LogP contribution in [0.2, 0.25) is 0 Å². The number of hydrogen-bond donors (Lipinski definition) is 0. The van der Waals surface area contributed by atoms with Crippen LogP contribution in [0.15, 0.2) is 53.0 Å². The molecule has 23 heavy (non-hydrogen) atoms. The van der Waals surface area contributed by atoms with Gasteiger partial charge in [-0.1, -0.05) is 40.2 Å². The fourth-order valence-corrected chi connectivity index (χ4v) is 3.05. The first-order chi connectivity index (χ1) is 11.1. The smallest absolute Gasteiger partial charge is 0.176 e. The van der Waals surface area contributed by atoms with Crippen LogP contribution >= 0.6 is 15.9 Å². The second kappa shape index (κ2) is 7.23. The van der Waals surface area contributed by atoms with Gasteiger partial charge in [0, 0.05) is 36.2 Å². The summed E-state index contributed by atoms with van der Waals surface area (Å²) in [5, 5.41) is 0. The second-order valence-corrected chi connectivity index (χ2v) is 6.56. The van der Waals surface area contributed by atoms with Crippen molar-refractivity contribution in [3.05, 3.63) is 64.4 Å². The number of para-hydroxylation sites is 1. The summed E-state index contributed by atoms with van der Waals surface area (Å²) >= 11 is 3.37. The third kappa shape index (κ3) is 3.98. The van der Waals surface area contributed by atoms with E-state index in [1.54, 1.807) is 12.1 Å². The lowest BCUT2D eigenvalue weighted by molar-refractivity contribution is 0.0926. The summed E-state index contributed by atoms with van der Waals surface area (Å²) in [5.41, 5.74) is 1.37. The maximum atomic E-state index is 13.8. The summed E-state index contributed by atoms with van der Waals surface area (Å²) < 4.78 is 14.8. The van der Waals surface area contributed by atoms with E-state index in [1.165, 1.54) is 6.07 Å². The molecule has 0 bridgehead atoms. The predicted molar refractivity (Wildman–Crippen MR) is 93.5 cm³/mol. The molecule has 0 saturated carbocycles. The SMILES string of the molecule is O=C(CN1CCN(c2ccccc2F)CC1)c1ccc(Br)cc1. The van der Waals surface area contributed by atoms with Crippen LogP contribution in [0.4, 0.5) is 10.1 Å². The number of rotatable bonds is 4. The Hall–Kier alpha value is -1.72. The molecule has 0 amide bonds. The maximum Gasteiger partial charge on any atom is 0.176 e. The second-order valence-electron chi connectivity index (χ2n) is 5.64. The Morgan fingerprint density at radius 1 is 1.00 bits per heavy atom. The number of Topliss-reactive ketones (excluding diaryl/α,β-unsaturated/α-hetero) is 1. The van der Waals surface area contributed by atoms with Crippen molar-refractivity contribution >= 4 is 27.4 Å². The lowest BCUT2D eigenvalue weighted by Gasteiger charge is -2.35. The molecule has 0 N–H and O–H groups in total. The topological polar surface area (TPSA) is 23.6 Å². The van der Waals surface area contributed by atoms with Gasteiger partial charge in [-0.25, -0.2) is 4.39 Å². The Kier molecular flexibility index (Phi) is 5.08. The predicted octanol–water partition coefficient (Wildman–Crippen LogP) is 3.59. The number of carbonyl (C=O) groups is 1. The number of nitrogens with zero attached hydrogens (tertiary/aromatic N) is 2. The highest BCUT2D eigenvalue weighted by Gasteiger charge is 2.21. The van der Waals surface area contributed by atoms with Crippen molar-refractivity contribution < 1.29 is 9.18 Å². The molecule has 1 aliphatic heterocycles. The Labute approximate surface area is 143 Å². The van der Waals surface area contributed by atoms with Gasteiger partial charge in [-0.2, -0.15) is 0 Å². The summed E-state index contributed by atoms with van der Waals surface area (Å²) in [6.07, 6.45) is 0. The third-order valence-electron chi connectivity index (χ3n) is 4.10. The van der Waals surface area contributed by atoms with Crippen LogP contribution in [-0.4, -0.2) is 43.4 Å². The van der Waals surface area contributed by atoms with Crippen molar-refractivity contribution in [2.45, 2.75) is 0 Å². The van der Waals surface area contributed by atoms with Crippen LogP contribution in [0.25, 0.3) is 0 Å². The molecule has 0 aliphatic carbocycles. The lowest BCUT2D eigenvalue weighted by atomic mass is 10.1. The van der Waals surface area contributed by atoms with Gasteiger partial charge in [0.05, 0.1) is 12.2 Å². The molecule has 2 aromatic carbocycles. The number of benzene rings is 2. The molecule has 1 heterocycles. The van der Waals surface area contributed by atoms with Crippen molar-refractivity contribution in [3.63, 3.8) is 0 Å². The Morgan fingerprint density at radius 3 is 2.30 bits per heavy atom. The van der Waals surface area contributed by atoms with Crippen molar-refractivity contribution in [2.75, 3.05) is 37.6 Å². The molecule has 0 aromatic heterocycles. The molecule has 120 valence electrons. The number of ketones is 1. The zero-order valence-corrected chi connectivity index (χ0v) is 14.3. The van der Waals surface area contributed by atoms with E-state index in [9.17, 15) is 9.18 Å². The molecule has 5 heteroatoms. The lowest BCUT2D eigenvalue weighted by Crippen LogP contribution is -2.48. The first kappa shape index (κ1) is 16.1. The Bertz CT molecular complexity index is 682. The molecule has 0 unspecified atom stereocenters. The van der Waals surface area contributed by atoms with E-state index >= 15 is 0 Å². The van der Waals surface area contributed by atoms with Gasteiger partial charge in [0.1, 0.15) is 5.82 Å². The van der Waals surface area contributed by atoms with Crippen LogP contribution in [-0.2, 0) is 0 Å². The molecule has 0 atom stereocenters. The molecule has 0 spiro atoms. The molecular formula is C18H18BrFN2O. The summed E-state index contributed by atoms with van der Waals surface area (Å²) in [6, 6.07) is 14.3. The van der Waals surface area contributed by atoms with Gasteiger partial charge in [0.25, 0.3) is 0 Å². The highest BCUT2D eigenvalue weighted by atomic mass is 79.9. The van der Waals surface area contributed by atoms with Gasteiger partial charge in [-0.15, -0.1) is 0 Å². The van der Waals surface area contributed by atoms with E-state index in [0.717, 1.165) is 36.2 Å². The highest BCUT2D eigenvalue weighted by Crippen LogP contribution is 2.20. The zero-order chi connectivity index (χ0) is 16.2. The molecule has 1 saturated heterocycles. The van der Waals surface area contributed by atoms with E-state index < -0.39 is 0 Å². The van der Waals surface area contributed by atoms with E-state index in [2.05, 4.69) is 20.8 Å². The van der Waals surface area contributed by atoms with Gasteiger partial charge in [-0.05, 0) is 24.3 Å². The highest BCUT2D eigenvalue weighted by molar-refractivity contribution is 9.10. The summed E-state index contributed by atoms with van der Waals surface area (Å²) in [6.45, 7) is 3.39. The fraction of sp³-hybridized carbons (Fsp3) is 0.278. The average Bonchev–Trinajstić information content (AvgIpc) is 2.57. The minimum absolute atomic E-state index is 0.122. The number of carbonyl (C=O) groups excluding carboxylic acids is 1. The Balaban J connectivity index is 1.56. The fourth-order valence-electron chi connectivity index (χ4n) is 2.79. The van der Waals surface area contributed by atoms with Crippen LogP contribution in [0, 0.1) is 5.82 Å². The largest absolute Gasteiger partial charge is 0.367 e.